The summed E-state index contributed by atoms with van der Waals surface area (Å²) in [7, 11) is 2.65. The minimum atomic E-state index is -0.596. The van der Waals surface area contributed by atoms with Crippen LogP contribution in [-0.2, 0) is 21.0 Å². The number of methoxy groups -OCH3 is 1. The Labute approximate surface area is 152 Å². The molecule has 136 valence electrons. The lowest BCUT2D eigenvalue weighted by molar-refractivity contribution is -0.132. The van der Waals surface area contributed by atoms with Gasteiger partial charge in [-0.1, -0.05) is 29.4 Å². The Bertz CT molecular complexity index is 842. The number of esters is 1. The summed E-state index contributed by atoms with van der Waals surface area (Å²) in [5, 5.41) is 3.78. The summed E-state index contributed by atoms with van der Waals surface area (Å²) in [6, 6.07) is 12.5. The Balaban J connectivity index is 2.27. The summed E-state index contributed by atoms with van der Waals surface area (Å²) >= 11 is 0. The number of Topliss-reactive ketones (excluding diaryl/α,β-unsaturated/α-hetero) is 1. The molecule has 2 rings (SSSR count). The molecule has 6 nitrogen and oxygen atoms in total. The summed E-state index contributed by atoms with van der Waals surface area (Å²) in [5.74, 6) is 0.0675. The maximum Gasteiger partial charge on any atom is 0.360 e. The number of rotatable bonds is 7. The number of aryl methyl sites for hydroxylation is 1. The monoisotopic (exact) mass is 355 g/mol. The maximum atomic E-state index is 12.0. The van der Waals surface area contributed by atoms with Crippen molar-refractivity contribution in [3.05, 3.63) is 64.7 Å². The fourth-order valence-corrected chi connectivity index (χ4v) is 2.45. The van der Waals surface area contributed by atoms with Crippen molar-refractivity contribution < 1.29 is 23.9 Å². The molecule has 0 N–H and O–H groups in total. The number of carbonyl (C=O) groups excluding carboxylic acids is 2. The number of hydrogen-bond donors (Lipinski definition) is 0. The highest BCUT2D eigenvalue weighted by molar-refractivity contribution is 6.43. The van der Waals surface area contributed by atoms with E-state index in [4.69, 9.17) is 14.3 Å². The largest absolute Gasteiger partial charge is 0.489 e. The van der Waals surface area contributed by atoms with E-state index in [0.29, 0.717) is 16.9 Å². The zero-order valence-electron chi connectivity index (χ0n) is 15.2. The van der Waals surface area contributed by atoms with E-state index in [1.165, 1.54) is 21.1 Å². The van der Waals surface area contributed by atoms with Gasteiger partial charge in [-0.25, -0.2) is 4.79 Å². The van der Waals surface area contributed by atoms with Crippen molar-refractivity contribution >= 4 is 17.5 Å². The van der Waals surface area contributed by atoms with Gasteiger partial charge in [0.05, 0.1) is 7.11 Å². The van der Waals surface area contributed by atoms with Crippen LogP contribution in [0, 0.1) is 6.92 Å². The molecule has 0 aromatic heterocycles. The van der Waals surface area contributed by atoms with Crippen LogP contribution in [0.5, 0.6) is 5.75 Å². The van der Waals surface area contributed by atoms with E-state index in [-0.39, 0.29) is 18.1 Å². The van der Waals surface area contributed by atoms with Crippen molar-refractivity contribution in [1.29, 1.82) is 0 Å². The van der Waals surface area contributed by atoms with E-state index in [1.54, 1.807) is 30.3 Å². The fourth-order valence-electron chi connectivity index (χ4n) is 2.45. The van der Waals surface area contributed by atoms with Crippen molar-refractivity contribution in [2.45, 2.75) is 20.5 Å². The third-order valence-corrected chi connectivity index (χ3v) is 3.80. The van der Waals surface area contributed by atoms with E-state index >= 15 is 0 Å². The van der Waals surface area contributed by atoms with Crippen LogP contribution in [0.1, 0.15) is 34.0 Å². The molecule has 0 saturated carbocycles. The highest BCUT2D eigenvalue weighted by Crippen LogP contribution is 2.22. The highest BCUT2D eigenvalue weighted by Gasteiger charge is 2.19. The second-order valence-corrected chi connectivity index (χ2v) is 5.60. The van der Waals surface area contributed by atoms with Gasteiger partial charge in [0.15, 0.2) is 11.5 Å². The van der Waals surface area contributed by atoms with Crippen LogP contribution in [0.25, 0.3) is 0 Å². The van der Waals surface area contributed by atoms with Crippen molar-refractivity contribution in [1.82, 2.24) is 0 Å². The standard InChI is InChI=1S/C20H21NO5/c1-13-11-15(14(2)22)9-10-18(13)26-12-16-7-5-6-8-17(16)19(21-25-4)20(23)24-3/h5-11H,12H2,1-4H3. The molecule has 0 fully saturated rings. The smallest absolute Gasteiger partial charge is 0.360 e. The predicted molar refractivity (Wildman–Crippen MR) is 97.5 cm³/mol. The average molecular weight is 355 g/mol. The lowest BCUT2D eigenvalue weighted by Gasteiger charge is -2.13. The maximum absolute atomic E-state index is 12.0. The molecule has 0 radical (unpaired) electrons. The Morgan fingerprint density at radius 1 is 1.08 bits per heavy atom. The number of ether oxygens (including phenoxy) is 2. The minimum Gasteiger partial charge on any atom is -0.489 e. The fraction of sp³-hybridized carbons (Fsp3) is 0.250. The summed E-state index contributed by atoms with van der Waals surface area (Å²) in [5.41, 5.74) is 2.88. The summed E-state index contributed by atoms with van der Waals surface area (Å²) in [6.45, 7) is 3.62. The van der Waals surface area contributed by atoms with Gasteiger partial charge in [0.2, 0.25) is 0 Å². The number of oxime groups is 1. The van der Waals surface area contributed by atoms with Crippen LogP contribution in [-0.4, -0.2) is 31.7 Å². The lowest BCUT2D eigenvalue weighted by Crippen LogP contribution is -2.19. The normalized spacial score (nSPS) is 11.0. The third kappa shape index (κ3) is 4.47. The van der Waals surface area contributed by atoms with Crippen molar-refractivity contribution in [2.24, 2.45) is 5.16 Å². The number of carbonyl (C=O) groups is 2. The Hall–Kier alpha value is -3.15. The molecule has 0 aliphatic carbocycles. The third-order valence-electron chi connectivity index (χ3n) is 3.80. The van der Waals surface area contributed by atoms with E-state index in [1.807, 2.05) is 19.1 Å². The van der Waals surface area contributed by atoms with Gasteiger partial charge in [0, 0.05) is 11.1 Å². The highest BCUT2D eigenvalue weighted by atomic mass is 16.6. The molecule has 0 heterocycles. The molecule has 2 aromatic carbocycles. The first kappa shape index (κ1) is 19.2. The van der Waals surface area contributed by atoms with Crippen LogP contribution in [0.2, 0.25) is 0 Å². The summed E-state index contributed by atoms with van der Waals surface area (Å²) in [4.78, 5) is 28.2. The van der Waals surface area contributed by atoms with E-state index in [2.05, 4.69) is 5.16 Å². The molecule has 0 aliphatic heterocycles. The molecule has 0 spiro atoms. The van der Waals surface area contributed by atoms with Gasteiger partial charge in [-0.15, -0.1) is 0 Å². The van der Waals surface area contributed by atoms with Gasteiger partial charge in [-0.05, 0) is 43.2 Å². The van der Waals surface area contributed by atoms with E-state index in [0.717, 1.165) is 11.1 Å². The first-order chi connectivity index (χ1) is 12.5. The SMILES string of the molecule is CON=C(C(=O)OC)c1ccccc1COc1ccc(C(C)=O)cc1C. The van der Waals surface area contributed by atoms with Crippen LogP contribution in [0.3, 0.4) is 0 Å². The Morgan fingerprint density at radius 3 is 2.42 bits per heavy atom. The molecule has 0 saturated heterocycles. The average Bonchev–Trinajstić information content (AvgIpc) is 2.64. The van der Waals surface area contributed by atoms with Crippen LogP contribution in [0.15, 0.2) is 47.6 Å². The summed E-state index contributed by atoms with van der Waals surface area (Å²) < 4.78 is 10.7. The first-order valence-corrected chi connectivity index (χ1v) is 8.00. The molecule has 2 aromatic rings. The lowest BCUT2D eigenvalue weighted by atomic mass is 10.0. The molecule has 6 heteroatoms. The zero-order valence-corrected chi connectivity index (χ0v) is 15.2. The second-order valence-electron chi connectivity index (χ2n) is 5.60. The minimum absolute atomic E-state index is 0.00323. The quantitative estimate of drug-likeness (QED) is 0.330. The molecule has 0 amide bonds. The topological polar surface area (TPSA) is 74.2 Å². The van der Waals surface area contributed by atoms with Gasteiger partial charge in [0.25, 0.3) is 0 Å². The van der Waals surface area contributed by atoms with Crippen molar-refractivity contribution in [3.8, 4) is 5.75 Å². The molecule has 0 unspecified atom stereocenters. The van der Waals surface area contributed by atoms with Crippen LogP contribution in [0.4, 0.5) is 0 Å². The number of benzene rings is 2. The van der Waals surface area contributed by atoms with Gasteiger partial charge >= 0.3 is 5.97 Å². The van der Waals surface area contributed by atoms with Gasteiger partial charge in [0.1, 0.15) is 19.5 Å². The zero-order chi connectivity index (χ0) is 19.1. The Morgan fingerprint density at radius 2 is 1.81 bits per heavy atom. The molecule has 26 heavy (non-hydrogen) atoms. The van der Waals surface area contributed by atoms with Gasteiger partial charge in [-0.3, -0.25) is 4.79 Å². The van der Waals surface area contributed by atoms with Crippen molar-refractivity contribution in [3.63, 3.8) is 0 Å². The predicted octanol–water partition coefficient (Wildman–Crippen LogP) is 3.30. The van der Waals surface area contributed by atoms with E-state index in [9.17, 15) is 9.59 Å². The number of hydrogen-bond acceptors (Lipinski definition) is 6. The molecule has 0 aliphatic rings. The summed E-state index contributed by atoms with van der Waals surface area (Å²) in [6.07, 6.45) is 0. The van der Waals surface area contributed by atoms with Gasteiger partial charge in [-0.2, -0.15) is 0 Å². The first-order valence-electron chi connectivity index (χ1n) is 8.00. The molecule has 0 bridgehead atoms. The number of ketones is 1. The van der Waals surface area contributed by atoms with E-state index < -0.39 is 5.97 Å². The number of nitrogens with zero attached hydrogens (tertiary/aromatic N) is 1. The Kier molecular flexibility index (Phi) is 6.49. The molecular formula is C20H21NO5. The second kappa shape index (κ2) is 8.80. The van der Waals surface area contributed by atoms with Crippen LogP contribution >= 0.6 is 0 Å². The van der Waals surface area contributed by atoms with Gasteiger partial charge < -0.3 is 14.3 Å². The molecular weight excluding hydrogens is 334 g/mol. The molecule has 0 atom stereocenters. The van der Waals surface area contributed by atoms with Crippen LogP contribution < -0.4 is 4.74 Å². The van der Waals surface area contributed by atoms with Crippen molar-refractivity contribution in [2.75, 3.05) is 14.2 Å².